The van der Waals surface area contributed by atoms with Crippen molar-refractivity contribution < 1.29 is 37.1 Å². The van der Waals surface area contributed by atoms with E-state index in [2.05, 4.69) is 25.8 Å². The van der Waals surface area contributed by atoms with Gasteiger partial charge < -0.3 is 34.2 Å². The van der Waals surface area contributed by atoms with Crippen LogP contribution in [0.25, 0.3) is 5.57 Å². The van der Waals surface area contributed by atoms with Gasteiger partial charge in [0.15, 0.2) is 17.5 Å². The first-order valence-electron chi connectivity index (χ1n) is 18.4. The smallest absolute Gasteiger partial charge is 0.433 e. The third kappa shape index (κ3) is 11.7. The molecule has 1 aromatic carbocycles. The molecule has 4 rings (SSSR count). The van der Waals surface area contributed by atoms with Gasteiger partial charge in [-0.1, -0.05) is 18.5 Å². The molecule has 1 aliphatic heterocycles. The van der Waals surface area contributed by atoms with E-state index in [1.54, 1.807) is 30.6 Å². The Morgan fingerprint density at radius 1 is 1.00 bits per heavy atom. The number of hydrogen-bond donors (Lipinski definition) is 3. The quantitative estimate of drug-likeness (QED) is 0.179. The fourth-order valence-electron chi connectivity index (χ4n) is 5.96. The van der Waals surface area contributed by atoms with Gasteiger partial charge in [0.1, 0.15) is 11.3 Å². The minimum atomic E-state index is -5.07. The molecule has 1 atom stereocenters. The van der Waals surface area contributed by atoms with E-state index < -0.39 is 35.1 Å². The highest BCUT2D eigenvalue weighted by molar-refractivity contribution is 6.34. The van der Waals surface area contributed by atoms with Gasteiger partial charge in [0, 0.05) is 63.7 Å². The van der Waals surface area contributed by atoms with Crippen molar-refractivity contribution >= 4 is 64.0 Å². The monoisotopic (exact) mass is 831 g/mol. The molecular formula is C38H49ClF3N11O5. The second-order valence-electron chi connectivity index (χ2n) is 14.9. The van der Waals surface area contributed by atoms with Crippen molar-refractivity contribution in [3.8, 4) is 0 Å². The average Bonchev–Trinajstić information content (AvgIpc) is 3.53. The maximum absolute atomic E-state index is 14.0. The van der Waals surface area contributed by atoms with Crippen LogP contribution in [0.15, 0.2) is 42.7 Å². The lowest BCUT2D eigenvalue weighted by atomic mass is 10.00. The third-order valence-corrected chi connectivity index (χ3v) is 9.40. The summed E-state index contributed by atoms with van der Waals surface area (Å²) in [6, 6.07) is 7.05. The molecule has 4 amide bonds. The van der Waals surface area contributed by atoms with Gasteiger partial charge >= 0.3 is 12.3 Å². The molecule has 1 saturated heterocycles. The molecule has 1 aliphatic rings. The van der Waals surface area contributed by atoms with Crippen LogP contribution < -0.4 is 15.5 Å². The molecule has 20 heteroatoms. The Hall–Kier alpha value is -5.56. The normalized spacial score (nSPS) is 14.3. The summed E-state index contributed by atoms with van der Waals surface area (Å²) in [6.07, 6.45) is -2.33. The first kappa shape index (κ1) is 45.1. The molecule has 58 heavy (non-hydrogen) atoms. The van der Waals surface area contributed by atoms with E-state index in [-0.39, 0.29) is 57.2 Å². The van der Waals surface area contributed by atoms with Gasteiger partial charge in [-0.05, 0) is 84.6 Å². The minimum absolute atomic E-state index is 0.0304. The van der Waals surface area contributed by atoms with Crippen molar-refractivity contribution in [2.45, 2.75) is 52.3 Å². The van der Waals surface area contributed by atoms with Crippen LogP contribution in [0.4, 0.5) is 35.3 Å². The van der Waals surface area contributed by atoms with Crippen LogP contribution in [0.3, 0.4) is 0 Å². The second-order valence-corrected chi connectivity index (χ2v) is 15.3. The highest BCUT2D eigenvalue weighted by atomic mass is 35.5. The highest BCUT2D eigenvalue weighted by Crippen LogP contribution is 2.30. The van der Waals surface area contributed by atoms with Gasteiger partial charge in [0.25, 0.3) is 11.8 Å². The molecule has 16 nitrogen and oxygen atoms in total. The zero-order valence-electron chi connectivity index (χ0n) is 33.7. The molecule has 0 bridgehead atoms. The summed E-state index contributed by atoms with van der Waals surface area (Å²) >= 11 is 6.52. The number of nitrogens with zero attached hydrogens (tertiary/aromatic N) is 8. The Labute approximate surface area is 339 Å². The van der Waals surface area contributed by atoms with E-state index in [9.17, 15) is 32.3 Å². The molecule has 3 heterocycles. The van der Waals surface area contributed by atoms with Crippen molar-refractivity contribution in [1.82, 2.24) is 34.4 Å². The lowest BCUT2D eigenvalue weighted by Gasteiger charge is -2.36. The number of benzene rings is 1. The van der Waals surface area contributed by atoms with E-state index in [0.717, 1.165) is 36.4 Å². The Balaban J connectivity index is 1.45. The Kier molecular flexibility index (Phi) is 14.6. The number of ether oxygens (including phenoxy) is 1. The number of rotatable bonds is 13. The Bertz CT molecular complexity index is 2020. The summed E-state index contributed by atoms with van der Waals surface area (Å²) < 4.78 is 48.2. The number of anilines is 3. The van der Waals surface area contributed by atoms with E-state index >= 15 is 0 Å². The van der Waals surface area contributed by atoms with Gasteiger partial charge in [-0.25, -0.2) is 9.78 Å². The number of carbonyl (C=O) groups is 4. The number of aromatic nitrogens is 4. The SMILES string of the molecule is CCC(CCN(C)C)C(=O)N1CCN(C(=O)c2ccc(NC(=O)c3ncc(/C(=C/N(C)c4ccc(NC(=O)OC(C)(C)C)nn4)C(=N)C(F)(F)F)n3C)cc2Cl)CC1. The zero-order chi connectivity index (χ0) is 43.1. The van der Waals surface area contributed by atoms with Crippen LogP contribution >= 0.6 is 11.6 Å². The number of amides is 4. The second kappa shape index (κ2) is 18.8. The Morgan fingerprint density at radius 2 is 1.66 bits per heavy atom. The van der Waals surface area contributed by atoms with E-state index in [0.29, 0.717) is 26.2 Å². The van der Waals surface area contributed by atoms with Crippen LogP contribution in [0.5, 0.6) is 0 Å². The first-order chi connectivity index (χ1) is 27.1. The third-order valence-electron chi connectivity index (χ3n) is 9.09. The minimum Gasteiger partial charge on any atom is -0.444 e. The molecular weight excluding hydrogens is 783 g/mol. The zero-order valence-corrected chi connectivity index (χ0v) is 34.5. The molecule has 314 valence electrons. The molecule has 1 fully saturated rings. The molecule has 0 spiro atoms. The average molecular weight is 832 g/mol. The molecule has 0 saturated carbocycles. The van der Waals surface area contributed by atoms with Crippen molar-refractivity contribution in [2.75, 3.05) is 69.4 Å². The maximum atomic E-state index is 14.0. The number of nitrogens with one attached hydrogen (secondary N) is 3. The fourth-order valence-corrected chi connectivity index (χ4v) is 6.22. The molecule has 1 unspecified atom stereocenters. The van der Waals surface area contributed by atoms with Crippen LogP contribution in [-0.2, 0) is 16.6 Å². The summed E-state index contributed by atoms with van der Waals surface area (Å²) in [4.78, 5) is 62.7. The number of piperazine rings is 1. The predicted octanol–water partition coefficient (Wildman–Crippen LogP) is 5.78. The van der Waals surface area contributed by atoms with Crippen molar-refractivity contribution in [2.24, 2.45) is 13.0 Å². The molecule has 0 radical (unpaired) electrons. The summed E-state index contributed by atoms with van der Waals surface area (Å²) in [5.74, 6) is -1.33. The number of halogens is 4. The van der Waals surface area contributed by atoms with Crippen LogP contribution in [0.1, 0.15) is 67.2 Å². The number of hydrogen-bond acceptors (Lipinski definition) is 11. The van der Waals surface area contributed by atoms with Gasteiger partial charge in [-0.3, -0.25) is 25.1 Å². The first-order valence-corrected chi connectivity index (χ1v) is 18.8. The predicted molar refractivity (Wildman–Crippen MR) is 214 cm³/mol. The van der Waals surface area contributed by atoms with Gasteiger partial charge in [0.05, 0.1) is 22.5 Å². The Morgan fingerprint density at radius 3 is 2.21 bits per heavy atom. The molecule has 0 aliphatic carbocycles. The van der Waals surface area contributed by atoms with Crippen molar-refractivity contribution in [3.63, 3.8) is 0 Å². The maximum Gasteiger partial charge on any atom is 0.433 e. The van der Waals surface area contributed by atoms with Crippen molar-refractivity contribution in [3.05, 3.63) is 64.8 Å². The fraction of sp³-hybridized carbons (Fsp3) is 0.474. The van der Waals surface area contributed by atoms with Gasteiger partial charge in [0.2, 0.25) is 5.91 Å². The van der Waals surface area contributed by atoms with E-state index in [1.165, 1.54) is 49.3 Å². The molecule has 3 N–H and O–H groups in total. The lowest BCUT2D eigenvalue weighted by molar-refractivity contribution is -0.137. The van der Waals surface area contributed by atoms with Crippen molar-refractivity contribution in [1.29, 1.82) is 5.41 Å². The van der Waals surface area contributed by atoms with E-state index in [1.807, 2.05) is 25.9 Å². The molecule has 2 aromatic heterocycles. The van der Waals surface area contributed by atoms with Gasteiger partial charge in [-0.2, -0.15) is 13.2 Å². The van der Waals surface area contributed by atoms with Crippen LogP contribution in [-0.4, -0.2) is 130 Å². The highest BCUT2D eigenvalue weighted by Gasteiger charge is 2.39. The van der Waals surface area contributed by atoms with Gasteiger partial charge in [-0.15, -0.1) is 10.2 Å². The largest absolute Gasteiger partial charge is 0.444 e. The topological polar surface area (TPSA) is 182 Å². The lowest BCUT2D eigenvalue weighted by Crippen LogP contribution is -2.52. The standard InChI is InChI=1S/C38H49ClF3N11O5/c1-9-23(14-15-49(5)6)34(55)52-16-18-53(19-17-52)35(56)25-11-10-24(20-27(25)39)45-33(54)32-44-21-28(51(32)8)26(31(43)38(40,41)42)22-50(7)30-13-12-29(47-48-30)46-36(57)58-37(2,3)4/h10-13,20-23,43H,9,14-19H2,1-8H3,(H,45,54)(H,46,47,57)/b26-22-,43-31?. The summed E-state index contributed by atoms with van der Waals surface area (Å²) in [5, 5.41) is 20.9. The summed E-state index contributed by atoms with van der Waals surface area (Å²) in [7, 11) is 6.63. The molecule has 3 aromatic rings. The number of imidazole rings is 1. The number of allylic oxidation sites excluding steroid dienone is 1. The summed E-state index contributed by atoms with van der Waals surface area (Å²) in [5.41, 5.74) is -2.93. The van der Waals surface area contributed by atoms with E-state index in [4.69, 9.17) is 21.7 Å². The number of alkyl halides is 3. The summed E-state index contributed by atoms with van der Waals surface area (Å²) in [6.45, 7) is 9.29. The van der Waals surface area contributed by atoms with Crippen LogP contribution in [0.2, 0.25) is 5.02 Å². The number of carbonyl (C=O) groups excluding carboxylic acids is 4. The van der Waals surface area contributed by atoms with Crippen LogP contribution in [0, 0.1) is 11.3 Å².